The Hall–Kier alpha value is -2.19. The van der Waals surface area contributed by atoms with Crippen LogP contribution in [0, 0.1) is 0 Å². The van der Waals surface area contributed by atoms with Gasteiger partial charge in [-0.05, 0) is 55.0 Å². The summed E-state index contributed by atoms with van der Waals surface area (Å²) >= 11 is 10.8. The van der Waals surface area contributed by atoms with Gasteiger partial charge in [-0.3, -0.25) is 0 Å². The van der Waals surface area contributed by atoms with Crippen molar-refractivity contribution in [1.29, 1.82) is 0 Å². The molecule has 2 N–H and O–H groups in total. The van der Waals surface area contributed by atoms with Crippen LogP contribution >= 0.6 is 23.8 Å². The molecule has 0 aliphatic rings. The van der Waals surface area contributed by atoms with Crippen LogP contribution in [-0.2, 0) is 12.7 Å². The zero-order chi connectivity index (χ0) is 20.0. The number of benzene rings is 2. The zero-order valence-corrected chi connectivity index (χ0v) is 16.2. The summed E-state index contributed by atoms with van der Waals surface area (Å²) in [5.74, 6) is 1.22. The second-order valence-electron chi connectivity index (χ2n) is 5.42. The van der Waals surface area contributed by atoms with Crippen molar-refractivity contribution in [1.82, 2.24) is 5.32 Å². The third kappa shape index (κ3) is 5.90. The molecule has 0 aliphatic heterocycles. The second kappa shape index (κ2) is 9.14. The van der Waals surface area contributed by atoms with Gasteiger partial charge in [0, 0.05) is 12.2 Å². The Balaban J connectivity index is 2.02. The van der Waals surface area contributed by atoms with Gasteiger partial charge in [-0.15, -0.1) is 0 Å². The van der Waals surface area contributed by atoms with E-state index in [1.807, 2.05) is 19.1 Å². The minimum absolute atomic E-state index is 0.180. The van der Waals surface area contributed by atoms with Gasteiger partial charge in [-0.2, -0.15) is 13.2 Å². The molecule has 146 valence electrons. The molecule has 0 spiro atoms. The average molecular weight is 419 g/mol. The molecule has 9 heteroatoms. The van der Waals surface area contributed by atoms with E-state index in [1.165, 1.54) is 12.1 Å². The van der Waals surface area contributed by atoms with E-state index in [-0.39, 0.29) is 15.8 Å². The van der Waals surface area contributed by atoms with Gasteiger partial charge in [-0.1, -0.05) is 17.7 Å². The summed E-state index contributed by atoms with van der Waals surface area (Å²) in [6.45, 7) is 2.71. The van der Waals surface area contributed by atoms with Crippen molar-refractivity contribution in [3.8, 4) is 11.5 Å². The van der Waals surface area contributed by atoms with Crippen LogP contribution in [0.3, 0.4) is 0 Å². The molecule has 0 radical (unpaired) electrons. The lowest BCUT2D eigenvalue weighted by atomic mass is 10.2. The second-order valence-corrected chi connectivity index (χ2v) is 6.23. The maximum absolute atomic E-state index is 12.9. The fourth-order valence-corrected chi connectivity index (χ4v) is 2.69. The highest BCUT2D eigenvalue weighted by atomic mass is 35.5. The first-order chi connectivity index (χ1) is 12.7. The van der Waals surface area contributed by atoms with Gasteiger partial charge < -0.3 is 20.1 Å². The maximum Gasteiger partial charge on any atom is 0.417 e. The minimum Gasteiger partial charge on any atom is -0.493 e. The number of anilines is 1. The molecule has 4 nitrogen and oxygen atoms in total. The molecule has 2 aromatic carbocycles. The fraction of sp³-hybridized carbons (Fsp3) is 0.278. The Bertz CT molecular complexity index is 816. The number of methoxy groups -OCH3 is 1. The molecule has 0 unspecified atom stereocenters. The lowest BCUT2D eigenvalue weighted by molar-refractivity contribution is -0.137. The first-order valence-corrected chi connectivity index (χ1v) is 8.74. The molecule has 0 saturated heterocycles. The normalized spacial score (nSPS) is 11.0. The van der Waals surface area contributed by atoms with E-state index in [4.69, 9.17) is 33.3 Å². The number of hydrogen-bond acceptors (Lipinski definition) is 3. The molecule has 0 atom stereocenters. The maximum atomic E-state index is 12.9. The predicted molar refractivity (Wildman–Crippen MR) is 104 cm³/mol. The lowest BCUT2D eigenvalue weighted by Gasteiger charge is -2.15. The number of halogens is 4. The molecule has 0 aliphatic carbocycles. The average Bonchev–Trinajstić information content (AvgIpc) is 2.61. The van der Waals surface area contributed by atoms with Crippen LogP contribution in [0.5, 0.6) is 11.5 Å². The highest BCUT2D eigenvalue weighted by Gasteiger charge is 2.33. The summed E-state index contributed by atoms with van der Waals surface area (Å²) < 4.78 is 49.5. The molecule has 2 rings (SSSR count). The molecule has 0 heterocycles. The monoisotopic (exact) mass is 418 g/mol. The Kier molecular flexibility index (Phi) is 7.15. The topological polar surface area (TPSA) is 42.5 Å². The van der Waals surface area contributed by atoms with Gasteiger partial charge in [0.15, 0.2) is 16.6 Å². The van der Waals surface area contributed by atoms with Gasteiger partial charge in [0.1, 0.15) is 0 Å². The van der Waals surface area contributed by atoms with Crippen molar-refractivity contribution in [3.63, 3.8) is 0 Å². The van der Waals surface area contributed by atoms with E-state index in [2.05, 4.69) is 10.6 Å². The van der Waals surface area contributed by atoms with Crippen molar-refractivity contribution in [2.24, 2.45) is 0 Å². The Morgan fingerprint density at radius 2 is 1.89 bits per heavy atom. The van der Waals surface area contributed by atoms with Crippen LogP contribution in [0.1, 0.15) is 18.1 Å². The van der Waals surface area contributed by atoms with E-state index >= 15 is 0 Å². The molecular formula is C18H18ClF3N2O2S. The van der Waals surface area contributed by atoms with Gasteiger partial charge in [-0.25, -0.2) is 0 Å². The molecule has 0 fully saturated rings. The SMILES string of the molecule is CCOc1cc(CNC(=S)Nc2ccc(Cl)c(C(F)(F)F)c2)ccc1OC. The smallest absolute Gasteiger partial charge is 0.417 e. The standard InChI is InChI=1S/C18H18ClF3N2O2S/c1-3-26-16-8-11(4-7-15(16)25-2)10-23-17(27)24-12-5-6-14(19)13(9-12)18(20,21)22/h4-9H,3,10H2,1-2H3,(H2,23,24,27). The third-order valence-electron chi connectivity index (χ3n) is 3.51. The predicted octanol–water partition coefficient (Wildman–Crippen LogP) is 5.25. The van der Waals surface area contributed by atoms with E-state index in [0.717, 1.165) is 11.6 Å². The molecule has 0 aromatic heterocycles. The van der Waals surface area contributed by atoms with E-state index in [0.29, 0.717) is 24.7 Å². The van der Waals surface area contributed by atoms with Gasteiger partial charge in [0.2, 0.25) is 0 Å². The minimum atomic E-state index is -4.54. The van der Waals surface area contributed by atoms with Crippen LogP contribution in [0.2, 0.25) is 5.02 Å². The van der Waals surface area contributed by atoms with Gasteiger partial charge >= 0.3 is 6.18 Å². The van der Waals surface area contributed by atoms with Crippen LogP contribution < -0.4 is 20.1 Å². The van der Waals surface area contributed by atoms with Crippen molar-refractivity contribution in [2.45, 2.75) is 19.6 Å². The Morgan fingerprint density at radius 3 is 2.52 bits per heavy atom. The molecule has 0 amide bonds. The quantitative estimate of drug-likeness (QED) is 0.627. The van der Waals surface area contributed by atoms with Crippen LogP contribution in [0.25, 0.3) is 0 Å². The zero-order valence-electron chi connectivity index (χ0n) is 14.6. The summed E-state index contributed by atoms with van der Waals surface area (Å²) in [5.41, 5.74) is 0.137. The number of ether oxygens (including phenoxy) is 2. The highest BCUT2D eigenvalue weighted by molar-refractivity contribution is 7.80. The van der Waals surface area contributed by atoms with Crippen molar-refractivity contribution >= 4 is 34.6 Å². The molecular weight excluding hydrogens is 401 g/mol. The highest BCUT2D eigenvalue weighted by Crippen LogP contribution is 2.36. The summed E-state index contributed by atoms with van der Waals surface area (Å²) in [6, 6.07) is 8.92. The Labute approximate surface area is 165 Å². The van der Waals surface area contributed by atoms with Crippen LogP contribution in [-0.4, -0.2) is 18.8 Å². The summed E-state index contributed by atoms with van der Waals surface area (Å²) in [6.07, 6.45) is -4.54. The Morgan fingerprint density at radius 1 is 1.15 bits per heavy atom. The largest absolute Gasteiger partial charge is 0.493 e. The van der Waals surface area contributed by atoms with Gasteiger partial charge in [0.25, 0.3) is 0 Å². The van der Waals surface area contributed by atoms with Crippen LogP contribution in [0.15, 0.2) is 36.4 Å². The molecule has 2 aromatic rings. The number of hydrogen-bond donors (Lipinski definition) is 2. The number of nitrogens with one attached hydrogen (secondary N) is 2. The van der Waals surface area contributed by atoms with Crippen molar-refractivity contribution in [3.05, 3.63) is 52.5 Å². The van der Waals surface area contributed by atoms with E-state index in [1.54, 1.807) is 13.2 Å². The number of alkyl halides is 3. The van der Waals surface area contributed by atoms with Crippen molar-refractivity contribution in [2.75, 3.05) is 19.0 Å². The molecule has 0 bridgehead atoms. The molecule has 27 heavy (non-hydrogen) atoms. The summed E-state index contributed by atoms with van der Waals surface area (Å²) in [7, 11) is 1.55. The number of thiocarbonyl (C=S) groups is 1. The van der Waals surface area contributed by atoms with Crippen molar-refractivity contribution < 1.29 is 22.6 Å². The third-order valence-corrected chi connectivity index (χ3v) is 4.09. The van der Waals surface area contributed by atoms with Gasteiger partial charge in [0.05, 0.1) is 24.3 Å². The van der Waals surface area contributed by atoms with Crippen LogP contribution in [0.4, 0.5) is 18.9 Å². The van der Waals surface area contributed by atoms with E-state index < -0.39 is 11.7 Å². The molecule has 0 saturated carbocycles. The first-order valence-electron chi connectivity index (χ1n) is 7.96. The summed E-state index contributed by atoms with van der Waals surface area (Å²) in [4.78, 5) is 0. The lowest BCUT2D eigenvalue weighted by Crippen LogP contribution is -2.28. The fourth-order valence-electron chi connectivity index (χ4n) is 2.28. The number of rotatable bonds is 6. The van der Waals surface area contributed by atoms with E-state index in [9.17, 15) is 13.2 Å². The summed E-state index contributed by atoms with van der Waals surface area (Å²) in [5, 5.41) is 5.47. The first kappa shape index (κ1) is 21.1.